The summed E-state index contributed by atoms with van der Waals surface area (Å²) >= 11 is 6.28. The number of methoxy groups -OCH3 is 1. The molecule has 0 aromatic heterocycles. The minimum Gasteiger partial charge on any atom is -0.465 e. The van der Waals surface area contributed by atoms with Crippen LogP contribution in [-0.2, 0) is 4.74 Å². The van der Waals surface area contributed by atoms with Crippen molar-refractivity contribution in [3.05, 3.63) is 28.8 Å². The predicted octanol–water partition coefficient (Wildman–Crippen LogP) is 4.75. The number of nitrogens with one attached hydrogen (secondary N) is 1. The average Bonchev–Trinajstić information content (AvgIpc) is 2.49. The molecule has 0 bridgehead atoms. The topological polar surface area (TPSA) is 38.3 Å². The molecule has 1 saturated carbocycles. The molecule has 1 aliphatic carbocycles. The summed E-state index contributed by atoms with van der Waals surface area (Å²) in [5.74, 6) is 0.959. The zero-order valence-corrected chi connectivity index (χ0v) is 13.7. The fourth-order valence-corrected chi connectivity index (χ4v) is 3.39. The lowest BCUT2D eigenvalue weighted by atomic mass is 9.78. The van der Waals surface area contributed by atoms with Crippen LogP contribution in [0.4, 0.5) is 5.69 Å². The minimum absolute atomic E-state index is 0.334. The SMILES string of the molecule is COC(=O)c1ccc(Cl)c(NC2CCCCC2C(C)C)c1. The Bertz CT molecular complexity index is 502. The van der Waals surface area contributed by atoms with E-state index in [0.717, 1.165) is 12.1 Å². The number of hydrogen-bond donors (Lipinski definition) is 1. The summed E-state index contributed by atoms with van der Waals surface area (Å²) in [4.78, 5) is 11.6. The van der Waals surface area contributed by atoms with Crippen LogP contribution < -0.4 is 5.32 Å². The molecule has 0 aliphatic heterocycles. The van der Waals surface area contributed by atoms with Gasteiger partial charge in [0.15, 0.2) is 0 Å². The maximum Gasteiger partial charge on any atom is 0.337 e. The molecule has 116 valence electrons. The van der Waals surface area contributed by atoms with E-state index in [-0.39, 0.29) is 5.97 Å². The molecule has 1 aromatic rings. The number of rotatable bonds is 4. The Balaban J connectivity index is 2.19. The van der Waals surface area contributed by atoms with E-state index in [4.69, 9.17) is 16.3 Å². The van der Waals surface area contributed by atoms with Crippen LogP contribution in [0.15, 0.2) is 18.2 Å². The first-order valence-electron chi connectivity index (χ1n) is 7.67. The van der Waals surface area contributed by atoms with Crippen LogP contribution >= 0.6 is 11.6 Å². The lowest BCUT2D eigenvalue weighted by molar-refractivity contribution is 0.0601. The van der Waals surface area contributed by atoms with E-state index in [1.807, 2.05) is 0 Å². The maximum atomic E-state index is 11.6. The van der Waals surface area contributed by atoms with Gasteiger partial charge in [-0.3, -0.25) is 0 Å². The third-order valence-electron chi connectivity index (χ3n) is 4.40. The van der Waals surface area contributed by atoms with Gasteiger partial charge in [0.25, 0.3) is 0 Å². The first-order chi connectivity index (χ1) is 10.0. The van der Waals surface area contributed by atoms with E-state index in [1.54, 1.807) is 18.2 Å². The van der Waals surface area contributed by atoms with Crippen molar-refractivity contribution in [1.82, 2.24) is 0 Å². The van der Waals surface area contributed by atoms with Gasteiger partial charge in [-0.15, -0.1) is 0 Å². The number of anilines is 1. The van der Waals surface area contributed by atoms with Crippen LogP contribution in [0.5, 0.6) is 0 Å². The van der Waals surface area contributed by atoms with Gasteiger partial charge >= 0.3 is 5.97 Å². The smallest absolute Gasteiger partial charge is 0.337 e. The van der Waals surface area contributed by atoms with Gasteiger partial charge < -0.3 is 10.1 Å². The molecular formula is C17H24ClNO2. The zero-order valence-electron chi connectivity index (χ0n) is 13.0. The second-order valence-corrected chi connectivity index (χ2v) is 6.54. The lowest BCUT2D eigenvalue weighted by Crippen LogP contribution is -2.35. The highest BCUT2D eigenvalue weighted by Gasteiger charge is 2.27. The van der Waals surface area contributed by atoms with Crippen LogP contribution in [0.2, 0.25) is 5.02 Å². The molecule has 2 unspecified atom stereocenters. The Kier molecular flexibility index (Phi) is 5.51. The fraction of sp³-hybridized carbons (Fsp3) is 0.588. The van der Waals surface area contributed by atoms with E-state index < -0.39 is 0 Å². The summed E-state index contributed by atoms with van der Waals surface area (Å²) in [7, 11) is 1.39. The molecule has 0 heterocycles. The molecule has 3 nitrogen and oxygen atoms in total. The Morgan fingerprint density at radius 1 is 1.33 bits per heavy atom. The Labute approximate surface area is 132 Å². The maximum absolute atomic E-state index is 11.6. The molecule has 0 spiro atoms. The van der Waals surface area contributed by atoms with E-state index >= 15 is 0 Å². The standard InChI is InChI=1S/C17H24ClNO2/c1-11(2)13-6-4-5-7-15(13)19-16-10-12(17(20)21-3)8-9-14(16)18/h8-11,13,15,19H,4-7H2,1-3H3. The monoisotopic (exact) mass is 309 g/mol. The summed E-state index contributed by atoms with van der Waals surface area (Å²) in [6.07, 6.45) is 4.96. The Morgan fingerprint density at radius 2 is 2.05 bits per heavy atom. The number of halogens is 1. The van der Waals surface area contributed by atoms with Crippen molar-refractivity contribution in [1.29, 1.82) is 0 Å². The summed E-state index contributed by atoms with van der Waals surface area (Å²) in [6.45, 7) is 4.55. The third-order valence-corrected chi connectivity index (χ3v) is 4.73. The summed E-state index contributed by atoms with van der Waals surface area (Å²) < 4.78 is 4.77. The van der Waals surface area contributed by atoms with Crippen molar-refractivity contribution >= 4 is 23.3 Å². The molecule has 0 amide bonds. The predicted molar refractivity (Wildman–Crippen MR) is 87.0 cm³/mol. The van der Waals surface area contributed by atoms with Crippen LogP contribution in [-0.4, -0.2) is 19.1 Å². The lowest BCUT2D eigenvalue weighted by Gasteiger charge is -2.35. The van der Waals surface area contributed by atoms with Gasteiger partial charge in [-0.05, 0) is 42.9 Å². The number of benzene rings is 1. The Hall–Kier alpha value is -1.22. The molecule has 2 atom stereocenters. The highest BCUT2D eigenvalue weighted by atomic mass is 35.5. The summed E-state index contributed by atoms with van der Waals surface area (Å²) in [5, 5.41) is 4.21. The van der Waals surface area contributed by atoms with Gasteiger partial charge in [0.05, 0.1) is 23.4 Å². The van der Waals surface area contributed by atoms with Gasteiger partial charge in [-0.25, -0.2) is 4.79 Å². The molecule has 1 aromatic carbocycles. The van der Waals surface area contributed by atoms with Crippen molar-refractivity contribution < 1.29 is 9.53 Å². The number of hydrogen-bond acceptors (Lipinski definition) is 3. The van der Waals surface area contributed by atoms with E-state index in [9.17, 15) is 4.79 Å². The normalized spacial score (nSPS) is 22.1. The molecule has 0 radical (unpaired) electrons. The van der Waals surface area contributed by atoms with Crippen LogP contribution in [0.3, 0.4) is 0 Å². The van der Waals surface area contributed by atoms with Gasteiger partial charge in [0.2, 0.25) is 0 Å². The highest BCUT2D eigenvalue weighted by molar-refractivity contribution is 6.33. The van der Waals surface area contributed by atoms with E-state index in [2.05, 4.69) is 19.2 Å². The molecule has 1 N–H and O–H groups in total. The first-order valence-corrected chi connectivity index (χ1v) is 8.05. The second-order valence-electron chi connectivity index (χ2n) is 6.13. The van der Waals surface area contributed by atoms with Crippen molar-refractivity contribution in [3.8, 4) is 0 Å². The number of carbonyl (C=O) groups excluding carboxylic acids is 1. The van der Waals surface area contributed by atoms with Gasteiger partial charge in [-0.1, -0.05) is 38.3 Å². The van der Waals surface area contributed by atoms with E-state index in [1.165, 1.54) is 26.4 Å². The average molecular weight is 310 g/mol. The Morgan fingerprint density at radius 3 is 2.71 bits per heavy atom. The summed E-state index contributed by atoms with van der Waals surface area (Å²) in [5.41, 5.74) is 1.36. The molecular weight excluding hydrogens is 286 g/mol. The number of esters is 1. The van der Waals surface area contributed by atoms with Gasteiger partial charge in [0, 0.05) is 6.04 Å². The van der Waals surface area contributed by atoms with Crippen LogP contribution in [0, 0.1) is 11.8 Å². The van der Waals surface area contributed by atoms with Crippen molar-refractivity contribution in [3.63, 3.8) is 0 Å². The molecule has 4 heteroatoms. The van der Waals surface area contributed by atoms with Gasteiger partial charge in [0.1, 0.15) is 0 Å². The first kappa shape index (κ1) is 16.2. The molecule has 0 saturated heterocycles. The molecule has 21 heavy (non-hydrogen) atoms. The van der Waals surface area contributed by atoms with Crippen LogP contribution in [0.25, 0.3) is 0 Å². The third kappa shape index (κ3) is 3.91. The van der Waals surface area contributed by atoms with Gasteiger partial charge in [-0.2, -0.15) is 0 Å². The van der Waals surface area contributed by atoms with Crippen molar-refractivity contribution in [2.24, 2.45) is 11.8 Å². The quantitative estimate of drug-likeness (QED) is 0.815. The van der Waals surface area contributed by atoms with Crippen molar-refractivity contribution in [2.75, 3.05) is 12.4 Å². The summed E-state index contributed by atoms with van der Waals surface area (Å²) in [6, 6.07) is 5.66. The molecule has 1 fully saturated rings. The van der Waals surface area contributed by atoms with Crippen LogP contribution in [0.1, 0.15) is 49.9 Å². The number of ether oxygens (including phenoxy) is 1. The molecule has 1 aliphatic rings. The number of carbonyl (C=O) groups is 1. The highest BCUT2D eigenvalue weighted by Crippen LogP contribution is 2.34. The van der Waals surface area contributed by atoms with Crippen molar-refractivity contribution in [2.45, 2.75) is 45.6 Å². The minimum atomic E-state index is -0.334. The molecule has 2 rings (SSSR count). The fourth-order valence-electron chi connectivity index (χ4n) is 3.22. The second kappa shape index (κ2) is 7.17. The van der Waals surface area contributed by atoms with E-state index in [0.29, 0.717) is 28.5 Å². The zero-order chi connectivity index (χ0) is 15.4. The largest absolute Gasteiger partial charge is 0.465 e.